The van der Waals surface area contributed by atoms with Gasteiger partial charge in [-0.25, -0.2) is 0 Å². The number of hydrogen-bond acceptors (Lipinski definition) is 0. The summed E-state index contributed by atoms with van der Waals surface area (Å²) in [4.78, 5) is 0. The largest absolute Gasteiger partial charge is 0.509 e. The van der Waals surface area contributed by atoms with E-state index in [9.17, 15) is 25.9 Å². The summed E-state index contributed by atoms with van der Waals surface area (Å²) in [5, 5.41) is 0. The summed E-state index contributed by atoms with van der Waals surface area (Å²) in [5.74, 6) is 0. The van der Waals surface area contributed by atoms with E-state index in [2.05, 4.69) is 0 Å². The Morgan fingerprint density at radius 2 is 1.07 bits per heavy atom. The lowest BCUT2D eigenvalue weighted by molar-refractivity contribution is 0.500. The highest BCUT2D eigenvalue weighted by molar-refractivity contribution is 6.76. The van der Waals surface area contributed by atoms with Crippen LogP contribution in [-0.4, -0.2) is 14.0 Å². The summed E-state index contributed by atoms with van der Waals surface area (Å²) >= 11 is 0. The van der Waals surface area contributed by atoms with Crippen LogP contribution in [0.5, 0.6) is 0 Å². The molecule has 0 saturated carbocycles. The molecule has 14 heavy (non-hydrogen) atoms. The maximum absolute atomic E-state index is 12.1. The van der Waals surface area contributed by atoms with Crippen molar-refractivity contribution in [3.8, 4) is 0 Å². The SMILES string of the molecule is F[B-](F)(F)c1cccc([B-](F)(F)F)c1. The zero-order chi connectivity index (χ0) is 11.0. The number of hydrogen-bond donors (Lipinski definition) is 0. The van der Waals surface area contributed by atoms with Gasteiger partial charge in [0.15, 0.2) is 0 Å². The molecule has 0 unspecified atom stereocenters. The molecule has 1 rings (SSSR count). The van der Waals surface area contributed by atoms with Crippen LogP contribution in [0.1, 0.15) is 0 Å². The van der Waals surface area contributed by atoms with Crippen LogP contribution >= 0.6 is 0 Å². The zero-order valence-electron chi connectivity index (χ0n) is 6.73. The van der Waals surface area contributed by atoms with E-state index in [4.69, 9.17) is 0 Å². The number of rotatable bonds is 2. The molecule has 0 nitrogen and oxygen atoms in total. The van der Waals surface area contributed by atoms with Crippen molar-refractivity contribution in [2.45, 2.75) is 0 Å². The van der Waals surface area contributed by atoms with Crippen LogP contribution in [0.3, 0.4) is 0 Å². The van der Waals surface area contributed by atoms with Gasteiger partial charge >= 0.3 is 14.0 Å². The summed E-state index contributed by atoms with van der Waals surface area (Å²) in [6.45, 7) is -10.7. The molecular weight excluding hydrogens is 208 g/mol. The molecule has 0 heterocycles. The smallest absolute Gasteiger partial charge is 0.445 e. The van der Waals surface area contributed by atoms with Crippen molar-refractivity contribution >= 4 is 24.9 Å². The highest BCUT2D eigenvalue weighted by Crippen LogP contribution is 2.11. The third-order valence-corrected chi connectivity index (χ3v) is 1.67. The van der Waals surface area contributed by atoms with Gasteiger partial charge in [0.25, 0.3) is 0 Å². The quantitative estimate of drug-likeness (QED) is 0.517. The van der Waals surface area contributed by atoms with E-state index in [1.807, 2.05) is 0 Å². The fourth-order valence-corrected chi connectivity index (χ4v) is 0.966. The van der Waals surface area contributed by atoms with Crippen LogP contribution < -0.4 is 10.9 Å². The second-order valence-corrected chi connectivity index (χ2v) is 2.82. The minimum atomic E-state index is -5.37. The predicted octanol–water partition coefficient (Wildman–Crippen LogP) is 1.80. The zero-order valence-corrected chi connectivity index (χ0v) is 6.73. The summed E-state index contributed by atoms with van der Waals surface area (Å²) in [5.41, 5.74) is -2.44. The maximum Gasteiger partial charge on any atom is 0.509 e. The van der Waals surface area contributed by atoms with Gasteiger partial charge in [0.05, 0.1) is 0 Å². The van der Waals surface area contributed by atoms with Crippen molar-refractivity contribution in [1.29, 1.82) is 0 Å². The highest BCUT2D eigenvalue weighted by atomic mass is 19.4. The molecule has 0 radical (unpaired) electrons. The molecule has 0 aliphatic carbocycles. The van der Waals surface area contributed by atoms with Gasteiger partial charge in [-0.05, 0) is 0 Å². The van der Waals surface area contributed by atoms with E-state index in [0.29, 0.717) is 12.1 Å². The molecule has 0 aliphatic rings. The molecule has 1 aromatic carbocycles. The minimum absolute atomic E-state index is 0.139. The first kappa shape index (κ1) is 11.0. The summed E-state index contributed by atoms with van der Waals surface area (Å²) in [6, 6.07) is 2.16. The van der Waals surface area contributed by atoms with Gasteiger partial charge in [0.2, 0.25) is 0 Å². The summed E-state index contributed by atoms with van der Waals surface area (Å²) in [6.07, 6.45) is 0. The van der Waals surface area contributed by atoms with Crippen LogP contribution in [0.15, 0.2) is 24.3 Å². The van der Waals surface area contributed by atoms with Crippen molar-refractivity contribution < 1.29 is 25.9 Å². The van der Waals surface area contributed by atoms with Crippen molar-refractivity contribution in [1.82, 2.24) is 0 Å². The molecule has 0 spiro atoms. The Kier molecular flexibility index (Phi) is 2.56. The Labute approximate surface area is 76.0 Å². The van der Waals surface area contributed by atoms with Crippen LogP contribution in [0.2, 0.25) is 0 Å². The Morgan fingerprint density at radius 3 is 1.36 bits per heavy atom. The van der Waals surface area contributed by atoms with Crippen LogP contribution in [0.4, 0.5) is 25.9 Å². The average molecular weight is 212 g/mol. The van der Waals surface area contributed by atoms with E-state index >= 15 is 0 Å². The Hall–Kier alpha value is -1.07. The van der Waals surface area contributed by atoms with E-state index in [0.717, 1.165) is 6.07 Å². The molecule has 0 saturated heterocycles. The Morgan fingerprint density at radius 1 is 0.714 bits per heavy atom. The van der Waals surface area contributed by atoms with E-state index < -0.39 is 24.9 Å². The summed E-state index contributed by atoms with van der Waals surface area (Å²) < 4.78 is 72.3. The first-order valence-corrected chi connectivity index (χ1v) is 3.71. The standard InChI is InChI=1S/C6H4B2F6/c9-7(10,11)5-2-1-3-6(4-5)8(12,13)14/h1-4H/q-2. The monoisotopic (exact) mass is 212 g/mol. The fourth-order valence-electron chi connectivity index (χ4n) is 0.966. The van der Waals surface area contributed by atoms with E-state index in [1.165, 1.54) is 0 Å². The predicted molar refractivity (Wildman–Crippen MR) is 43.9 cm³/mol. The molecule has 0 aromatic heterocycles. The number of halogens is 6. The topological polar surface area (TPSA) is 0 Å². The first-order valence-electron chi connectivity index (χ1n) is 3.71. The van der Waals surface area contributed by atoms with Gasteiger partial charge in [-0.1, -0.05) is 18.2 Å². The minimum Gasteiger partial charge on any atom is -0.445 e. The van der Waals surface area contributed by atoms with E-state index in [1.54, 1.807) is 0 Å². The molecule has 8 heteroatoms. The highest BCUT2D eigenvalue weighted by Gasteiger charge is 2.29. The molecule has 0 fully saturated rings. The van der Waals surface area contributed by atoms with Crippen molar-refractivity contribution in [2.75, 3.05) is 0 Å². The first-order chi connectivity index (χ1) is 6.21. The Bertz CT molecular complexity index is 299. The second kappa shape index (κ2) is 3.25. The fraction of sp³-hybridized carbons (Fsp3) is 0. The van der Waals surface area contributed by atoms with Gasteiger partial charge in [0, 0.05) is 0 Å². The van der Waals surface area contributed by atoms with Crippen LogP contribution in [-0.2, 0) is 0 Å². The third kappa shape index (κ3) is 2.46. The normalized spacial score (nSPS) is 13.0. The molecule has 0 N–H and O–H groups in total. The molecule has 1 aromatic rings. The molecule has 0 bridgehead atoms. The van der Waals surface area contributed by atoms with Gasteiger partial charge in [-0.2, -0.15) is 0 Å². The van der Waals surface area contributed by atoms with Gasteiger partial charge < -0.3 is 25.9 Å². The van der Waals surface area contributed by atoms with Crippen molar-refractivity contribution in [3.63, 3.8) is 0 Å². The van der Waals surface area contributed by atoms with Gasteiger partial charge in [-0.15, -0.1) is 17.0 Å². The second-order valence-electron chi connectivity index (χ2n) is 2.82. The van der Waals surface area contributed by atoms with Crippen molar-refractivity contribution in [2.24, 2.45) is 0 Å². The lowest BCUT2D eigenvalue weighted by Crippen LogP contribution is -2.41. The van der Waals surface area contributed by atoms with Crippen molar-refractivity contribution in [3.05, 3.63) is 24.3 Å². The molecule has 78 valence electrons. The maximum atomic E-state index is 12.1. The molecule has 0 atom stereocenters. The van der Waals surface area contributed by atoms with E-state index in [-0.39, 0.29) is 6.07 Å². The molecule has 0 amide bonds. The number of benzene rings is 1. The Balaban J connectivity index is 3.15. The lowest BCUT2D eigenvalue weighted by Gasteiger charge is -2.20. The average Bonchev–Trinajstić information content (AvgIpc) is 2.01. The van der Waals surface area contributed by atoms with Gasteiger partial charge in [-0.3, -0.25) is 0 Å². The van der Waals surface area contributed by atoms with Crippen LogP contribution in [0.25, 0.3) is 0 Å². The van der Waals surface area contributed by atoms with Crippen LogP contribution in [0, 0.1) is 0 Å². The molecule has 0 aliphatic heterocycles. The summed E-state index contributed by atoms with van der Waals surface area (Å²) in [7, 11) is 0. The molecular formula is C6H4B2F6-2. The van der Waals surface area contributed by atoms with Gasteiger partial charge in [0.1, 0.15) is 0 Å². The lowest BCUT2D eigenvalue weighted by atomic mass is 9.73. The third-order valence-electron chi connectivity index (χ3n) is 1.67.